The van der Waals surface area contributed by atoms with Gasteiger partial charge in [-0.05, 0) is 38.4 Å². The van der Waals surface area contributed by atoms with Crippen LogP contribution in [0.5, 0.6) is 0 Å². The van der Waals surface area contributed by atoms with E-state index in [9.17, 15) is 0 Å². The monoisotopic (exact) mass is 302 g/mol. The number of piperidine rings is 1. The average molecular weight is 302 g/mol. The summed E-state index contributed by atoms with van der Waals surface area (Å²) >= 11 is 0. The summed E-state index contributed by atoms with van der Waals surface area (Å²) < 4.78 is 2.09. The maximum atomic E-state index is 8.94. The zero-order valence-corrected chi connectivity index (χ0v) is 13.4. The number of hydrogen-bond acceptors (Lipinski definition) is 4. The van der Waals surface area contributed by atoms with E-state index in [2.05, 4.69) is 32.4 Å². The van der Waals surface area contributed by atoms with Crippen LogP contribution in [-0.2, 0) is 6.54 Å². The summed E-state index contributed by atoms with van der Waals surface area (Å²) in [6.07, 6.45) is 7.46. The summed E-state index contributed by atoms with van der Waals surface area (Å²) in [7, 11) is 2.18. The van der Waals surface area contributed by atoms with Crippen LogP contribution < -0.4 is 0 Å². The molecule has 0 aromatic carbocycles. The fourth-order valence-corrected chi connectivity index (χ4v) is 3.31. The van der Waals surface area contributed by atoms with E-state index in [0.717, 1.165) is 43.9 Å². The minimum Gasteiger partial charge on any atom is -0.396 e. The molecule has 0 saturated carbocycles. The van der Waals surface area contributed by atoms with Crippen molar-refractivity contribution in [2.45, 2.75) is 31.8 Å². The summed E-state index contributed by atoms with van der Waals surface area (Å²) in [5, 5.41) is 8.94. The minimum absolute atomic E-state index is 0.289. The fraction of sp³-hybridized carbons (Fsp3) is 0.588. The fourth-order valence-electron chi connectivity index (χ4n) is 3.31. The molecule has 0 unspecified atom stereocenters. The molecule has 0 aliphatic carbocycles. The second-order valence-corrected chi connectivity index (χ2v) is 6.26. The Hall–Kier alpha value is -1.43. The molecular formula is C17H26N4O. The van der Waals surface area contributed by atoms with E-state index >= 15 is 0 Å². The quantitative estimate of drug-likeness (QED) is 0.880. The minimum atomic E-state index is 0.289. The van der Waals surface area contributed by atoms with Crippen LogP contribution in [0, 0.1) is 0 Å². The molecule has 2 aromatic rings. The molecule has 2 aromatic heterocycles. The van der Waals surface area contributed by atoms with Crippen molar-refractivity contribution in [2.24, 2.45) is 0 Å². The molecule has 5 nitrogen and oxygen atoms in total. The first-order valence-electron chi connectivity index (χ1n) is 8.22. The molecule has 1 aliphatic rings. The van der Waals surface area contributed by atoms with Crippen molar-refractivity contribution in [1.82, 2.24) is 19.2 Å². The van der Waals surface area contributed by atoms with Crippen molar-refractivity contribution in [2.75, 3.05) is 33.3 Å². The van der Waals surface area contributed by atoms with E-state index in [1.54, 1.807) is 0 Å². The van der Waals surface area contributed by atoms with Crippen LogP contribution in [0.25, 0.3) is 5.65 Å². The van der Waals surface area contributed by atoms with Crippen molar-refractivity contribution >= 4 is 5.65 Å². The van der Waals surface area contributed by atoms with Gasteiger partial charge in [-0.3, -0.25) is 4.90 Å². The van der Waals surface area contributed by atoms with Crippen molar-refractivity contribution in [3.63, 3.8) is 0 Å². The molecular weight excluding hydrogens is 276 g/mol. The lowest BCUT2D eigenvalue weighted by molar-refractivity contribution is 0.117. The number of imidazole rings is 1. The SMILES string of the molecule is CN(CCCO)C1CCN(Cc2cn3ccccc3n2)CC1. The third-order valence-electron chi connectivity index (χ3n) is 4.65. The predicted octanol–water partition coefficient (Wildman–Crippen LogP) is 1.61. The van der Waals surface area contributed by atoms with Gasteiger partial charge in [-0.2, -0.15) is 0 Å². The number of rotatable bonds is 6. The largest absolute Gasteiger partial charge is 0.396 e. The van der Waals surface area contributed by atoms with E-state index in [0.29, 0.717) is 6.04 Å². The summed E-state index contributed by atoms with van der Waals surface area (Å²) in [4.78, 5) is 9.58. The van der Waals surface area contributed by atoms with Gasteiger partial charge in [0.05, 0.1) is 5.69 Å². The molecule has 3 heterocycles. The Morgan fingerprint density at radius 1 is 1.32 bits per heavy atom. The Morgan fingerprint density at radius 3 is 2.86 bits per heavy atom. The van der Waals surface area contributed by atoms with Gasteiger partial charge in [-0.25, -0.2) is 4.98 Å². The standard InChI is InChI=1S/C17H26N4O/c1-19(8-4-12-22)16-6-10-20(11-7-16)13-15-14-21-9-3-2-5-17(21)18-15/h2-3,5,9,14,16,22H,4,6-8,10-13H2,1H3. The lowest BCUT2D eigenvalue weighted by Crippen LogP contribution is -2.43. The van der Waals surface area contributed by atoms with E-state index in [4.69, 9.17) is 5.11 Å². The molecule has 0 spiro atoms. The first-order valence-corrected chi connectivity index (χ1v) is 8.22. The van der Waals surface area contributed by atoms with Crippen molar-refractivity contribution in [3.8, 4) is 0 Å². The van der Waals surface area contributed by atoms with Crippen LogP contribution in [0.2, 0.25) is 0 Å². The number of aliphatic hydroxyl groups is 1. The number of fused-ring (bicyclic) bond motifs is 1. The molecule has 22 heavy (non-hydrogen) atoms. The molecule has 1 saturated heterocycles. The average Bonchev–Trinajstić information content (AvgIpc) is 2.95. The number of nitrogens with zero attached hydrogens (tertiary/aromatic N) is 4. The zero-order valence-electron chi connectivity index (χ0n) is 13.4. The van der Waals surface area contributed by atoms with Crippen LogP contribution >= 0.6 is 0 Å². The first-order chi connectivity index (χ1) is 10.8. The smallest absolute Gasteiger partial charge is 0.137 e. The Bertz CT molecular complexity index is 556. The topological polar surface area (TPSA) is 44.0 Å². The Morgan fingerprint density at radius 2 is 2.14 bits per heavy atom. The second-order valence-electron chi connectivity index (χ2n) is 6.26. The third-order valence-corrected chi connectivity index (χ3v) is 4.65. The number of aromatic nitrogens is 2. The second kappa shape index (κ2) is 7.22. The lowest BCUT2D eigenvalue weighted by atomic mass is 10.0. The Balaban J connectivity index is 1.51. The van der Waals surface area contributed by atoms with Gasteiger partial charge in [0, 0.05) is 51.2 Å². The van der Waals surface area contributed by atoms with Crippen molar-refractivity contribution in [3.05, 3.63) is 36.3 Å². The van der Waals surface area contributed by atoms with Gasteiger partial charge in [-0.1, -0.05) is 6.07 Å². The summed E-state index contributed by atoms with van der Waals surface area (Å²) in [5.74, 6) is 0. The number of hydrogen-bond donors (Lipinski definition) is 1. The molecule has 0 radical (unpaired) electrons. The molecule has 0 atom stereocenters. The first kappa shape index (κ1) is 15.5. The van der Waals surface area contributed by atoms with E-state index in [1.165, 1.54) is 12.8 Å². The van der Waals surface area contributed by atoms with Gasteiger partial charge in [0.2, 0.25) is 0 Å². The molecule has 1 N–H and O–H groups in total. The lowest BCUT2D eigenvalue weighted by Gasteiger charge is -2.36. The van der Waals surface area contributed by atoms with E-state index in [1.807, 2.05) is 24.4 Å². The van der Waals surface area contributed by atoms with Gasteiger partial charge < -0.3 is 14.4 Å². The number of pyridine rings is 1. The molecule has 0 bridgehead atoms. The molecule has 0 amide bonds. The van der Waals surface area contributed by atoms with Crippen LogP contribution in [0.3, 0.4) is 0 Å². The maximum absolute atomic E-state index is 8.94. The van der Waals surface area contributed by atoms with Crippen molar-refractivity contribution in [1.29, 1.82) is 0 Å². The Kier molecular flexibility index (Phi) is 5.08. The normalized spacial score (nSPS) is 17.6. The summed E-state index contributed by atoms with van der Waals surface area (Å²) in [6, 6.07) is 6.77. The maximum Gasteiger partial charge on any atom is 0.137 e. The molecule has 1 fully saturated rings. The van der Waals surface area contributed by atoms with Crippen LogP contribution in [0.15, 0.2) is 30.6 Å². The highest BCUT2D eigenvalue weighted by Crippen LogP contribution is 2.17. The highest BCUT2D eigenvalue weighted by molar-refractivity contribution is 5.39. The summed E-state index contributed by atoms with van der Waals surface area (Å²) in [5.41, 5.74) is 2.18. The van der Waals surface area contributed by atoms with Crippen LogP contribution in [0.1, 0.15) is 25.0 Å². The van der Waals surface area contributed by atoms with Gasteiger partial charge in [0.15, 0.2) is 0 Å². The molecule has 5 heteroatoms. The molecule has 120 valence electrons. The highest BCUT2D eigenvalue weighted by Gasteiger charge is 2.22. The van der Waals surface area contributed by atoms with Gasteiger partial charge >= 0.3 is 0 Å². The number of aliphatic hydroxyl groups excluding tert-OH is 1. The summed E-state index contributed by atoms with van der Waals surface area (Å²) in [6.45, 7) is 4.48. The van der Waals surface area contributed by atoms with E-state index in [-0.39, 0.29) is 6.61 Å². The van der Waals surface area contributed by atoms with E-state index < -0.39 is 0 Å². The van der Waals surface area contributed by atoms with Crippen LogP contribution in [-0.4, -0.2) is 63.6 Å². The molecule has 3 rings (SSSR count). The highest BCUT2D eigenvalue weighted by atomic mass is 16.3. The van der Waals surface area contributed by atoms with Crippen molar-refractivity contribution < 1.29 is 5.11 Å². The predicted molar refractivity (Wildman–Crippen MR) is 87.8 cm³/mol. The number of likely N-dealkylation sites (tertiary alicyclic amines) is 1. The van der Waals surface area contributed by atoms with Gasteiger partial charge in [-0.15, -0.1) is 0 Å². The van der Waals surface area contributed by atoms with Crippen LogP contribution in [0.4, 0.5) is 0 Å². The zero-order chi connectivity index (χ0) is 15.4. The van der Waals surface area contributed by atoms with Gasteiger partial charge in [0.25, 0.3) is 0 Å². The van der Waals surface area contributed by atoms with Gasteiger partial charge in [0.1, 0.15) is 5.65 Å². The molecule has 1 aliphatic heterocycles. The Labute approximate surface area is 132 Å². The third kappa shape index (κ3) is 3.66.